The van der Waals surface area contributed by atoms with Gasteiger partial charge in [0.1, 0.15) is 11.8 Å². The minimum atomic E-state index is -0.955. The van der Waals surface area contributed by atoms with Crippen molar-refractivity contribution in [2.24, 2.45) is 0 Å². The summed E-state index contributed by atoms with van der Waals surface area (Å²) >= 11 is 1.45. The number of aliphatic carboxylic acids is 1. The molecule has 0 aromatic heterocycles. The van der Waals surface area contributed by atoms with Crippen LogP contribution in [0, 0.1) is 0 Å². The van der Waals surface area contributed by atoms with E-state index in [-0.39, 0.29) is 12.0 Å². The molecule has 1 atom stereocenters. The van der Waals surface area contributed by atoms with Crippen LogP contribution in [-0.2, 0) is 4.79 Å². The highest BCUT2D eigenvalue weighted by Crippen LogP contribution is 2.24. The maximum Gasteiger partial charge on any atom is 0.327 e. The molecule has 0 aliphatic carbocycles. The SMILES string of the molecule is CC(C)Oc1ccc(C(=O)N2CSC[C@H]2C(=O)O)cc1. The number of rotatable bonds is 4. The first-order valence-electron chi connectivity index (χ1n) is 6.37. The van der Waals surface area contributed by atoms with Gasteiger partial charge in [0, 0.05) is 11.3 Å². The highest BCUT2D eigenvalue weighted by Gasteiger charge is 2.34. The normalized spacial score (nSPS) is 18.4. The number of thioether (sulfide) groups is 1. The maximum atomic E-state index is 12.3. The molecule has 20 heavy (non-hydrogen) atoms. The van der Waals surface area contributed by atoms with E-state index >= 15 is 0 Å². The molecule has 1 heterocycles. The van der Waals surface area contributed by atoms with Crippen molar-refractivity contribution < 1.29 is 19.4 Å². The fraction of sp³-hybridized carbons (Fsp3) is 0.429. The average molecular weight is 295 g/mol. The summed E-state index contributed by atoms with van der Waals surface area (Å²) in [4.78, 5) is 24.8. The van der Waals surface area contributed by atoms with Gasteiger partial charge in [0.25, 0.3) is 5.91 Å². The standard InChI is InChI=1S/C14H17NO4S/c1-9(2)19-11-5-3-10(4-6-11)13(16)15-8-20-7-12(15)14(17)18/h3-6,9,12H,7-8H2,1-2H3,(H,17,18)/t12-/m0/s1. The van der Waals surface area contributed by atoms with Crippen LogP contribution in [0.3, 0.4) is 0 Å². The van der Waals surface area contributed by atoms with Gasteiger partial charge in [0.2, 0.25) is 0 Å². The van der Waals surface area contributed by atoms with Gasteiger partial charge >= 0.3 is 5.97 Å². The zero-order chi connectivity index (χ0) is 14.7. The lowest BCUT2D eigenvalue weighted by Gasteiger charge is -2.20. The summed E-state index contributed by atoms with van der Waals surface area (Å²) in [5, 5.41) is 9.10. The van der Waals surface area contributed by atoms with E-state index in [2.05, 4.69) is 0 Å². The van der Waals surface area contributed by atoms with Crippen LogP contribution in [0.1, 0.15) is 24.2 Å². The zero-order valence-corrected chi connectivity index (χ0v) is 12.2. The van der Waals surface area contributed by atoms with Gasteiger partial charge in [-0.25, -0.2) is 4.79 Å². The highest BCUT2D eigenvalue weighted by molar-refractivity contribution is 7.99. The zero-order valence-electron chi connectivity index (χ0n) is 11.4. The van der Waals surface area contributed by atoms with Gasteiger partial charge in [-0.05, 0) is 38.1 Å². The third-order valence-electron chi connectivity index (χ3n) is 2.90. The number of ether oxygens (including phenoxy) is 1. The van der Waals surface area contributed by atoms with Crippen LogP contribution in [0.5, 0.6) is 5.75 Å². The average Bonchev–Trinajstić information content (AvgIpc) is 2.87. The molecule has 1 aliphatic heterocycles. The molecule has 0 spiro atoms. The molecule has 108 valence electrons. The number of nitrogens with zero attached hydrogens (tertiary/aromatic N) is 1. The van der Waals surface area contributed by atoms with Crippen LogP contribution >= 0.6 is 11.8 Å². The fourth-order valence-corrected chi connectivity index (χ4v) is 3.11. The molecule has 2 rings (SSSR count). The van der Waals surface area contributed by atoms with Crippen molar-refractivity contribution in [2.45, 2.75) is 26.0 Å². The van der Waals surface area contributed by atoms with Crippen molar-refractivity contribution in [1.29, 1.82) is 0 Å². The number of carboxylic acid groups (broad SMARTS) is 1. The largest absolute Gasteiger partial charge is 0.491 e. The van der Waals surface area contributed by atoms with Crippen molar-refractivity contribution in [3.05, 3.63) is 29.8 Å². The van der Waals surface area contributed by atoms with Gasteiger partial charge in [0.15, 0.2) is 0 Å². The Kier molecular flexibility index (Phi) is 4.54. The Bertz CT molecular complexity index is 500. The van der Waals surface area contributed by atoms with Crippen LogP contribution in [0.4, 0.5) is 0 Å². The summed E-state index contributed by atoms with van der Waals surface area (Å²) in [6, 6.07) is 6.06. The van der Waals surface area contributed by atoms with Crippen LogP contribution < -0.4 is 4.74 Å². The van der Waals surface area contributed by atoms with Gasteiger partial charge < -0.3 is 14.7 Å². The van der Waals surface area contributed by atoms with Crippen LogP contribution in [-0.4, -0.2) is 45.7 Å². The first-order valence-corrected chi connectivity index (χ1v) is 7.52. The molecule has 0 unspecified atom stereocenters. The first kappa shape index (κ1) is 14.7. The van der Waals surface area contributed by atoms with E-state index in [0.717, 1.165) is 0 Å². The molecule has 0 radical (unpaired) electrons. The van der Waals surface area contributed by atoms with E-state index in [1.165, 1.54) is 16.7 Å². The molecule has 1 aliphatic rings. The second-order valence-electron chi connectivity index (χ2n) is 4.82. The van der Waals surface area contributed by atoms with Crippen molar-refractivity contribution in [1.82, 2.24) is 4.90 Å². The number of benzene rings is 1. The van der Waals surface area contributed by atoms with Crippen molar-refractivity contribution in [3.8, 4) is 5.75 Å². The van der Waals surface area contributed by atoms with Crippen LogP contribution in [0.15, 0.2) is 24.3 Å². The molecule has 1 fully saturated rings. The summed E-state index contributed by atoms with van der Waals surface area (Å²) in [7, 11) is 0. The highest BCUT2D eigenvalue weighted by atomic mass is 32.2. The molecule has 0 bridgehead atoms. The Morgan fingerprint density at radius 1 is 1.35 bits per heavy atom. The van der Waals surface area contributed by atoms with Crippen LogP contribution in [0.25, 0.3) is 0 Å². The Balaban J connectivity index is 2.11. The molecular weight excluding hydrogens is 278 g/mol. The summed E-state index contributed by atoms with van der Waals surface area (Å²) in [5.41, 5.74) is 0.481. The van der Waals surface area contributed by atoms with E-state index in [9.17, 15) is 9.59 Å². The van der Waals surface area contributed by atoms with Gasteiger partial charge in [0.05, 0.1) is 12.0 Å². The Morgan fingerprint density at radius 3 is 2.55 bits per heavy atom. The number of carbonyl (C=O) groups excluding carboxylic acids is 1. The molecule has 0 saturated carbocycles. The molecule has 1 saturated heterocycles. The third-order valence-corrected chi connectivity index (χ3v) is 3.91. The van der Waals surface area contributed by atoms with Crippen molar-refractivity contribution >= 4 is 23.6 Å². The van der Waals surface area contributed by atoms with Crippen molar-refractivity contribution in [2.75, 3.05) is 11.6 Å². The molecule has 1 aromatic carbocycles. The van der Waals surface area contributed by atoms with E-state index in [1.54, 1.807) is 24.3 Å². The minimum absolute atomic E-state index is 0.0722. The quantitative estimate of drug-likeness (QED) is 0.921. The number of amides is 1. The predicted octanol–water partition coefficient (Wildman–Crippen LogP) is 2.07. The topological polar surface area (TPSA) is 66.8 Å². The van der Waals surface area contributed by atoms with E-state index in [0.29, 0.717) is 22.9 Å². The summed E-state index contributed by atoms with van der Waals surface area (Å²) in [6.07, 6.45) is 0.0722. The lowest BCUT2D eigenvalue weighted by molar-refractivity contribution is -0.140. The Hall–Kier alpha value is -1.69. The molecule has 5 nitrogen and oxygen atoms in total. The molecule has 1 aromatic rings. The summed E-state index contributed by atoms with van der Waals surface area (Å²) in [6.45, 7) is 3.86. The number of carboxylic acids is 1. The fourth-order valence-electron chi connectivity index (χ4n) is 1.96. The Labute approximate surface area is 121 Å². The lowest BCUT2D eigenvalue weighted by atomic mass is 10.1. The lowest BCUT2D eigenvalue weighted by Crippen LogP contribution is -2.41. The summed E-state index contributed by atoms with van der Waals surface area (Å²) < 4.78 is 5.51. The first-order chi connectivity index (χ1) is 9.49. The van der Waals surface area contributed by atoms with Gasteiger partial charge in [-0.2, -0.15) is 0 Å². The molecule has 6 heteroatoms. The second kappa shape index (κ2) is 6.17. The van der Waals surface area contributed by atoms with Gasteiger partial charge in [-0.1, -0.05) is 0 Å². The molecule has 1 N–H and O–H groups in total. The minimum Gasteiger partial charge on any atom is -0.491 e. The monoisotopic (exact) mass is 295 g/mol. The smallest absolute Gasteiger partial charge is 0.327 e. The number of carbonyl (C=O) groups is 2. The van der Waals surface area contributed by atoms with Crippen LogP contribution in [0.2, 0.25) is 0 Å². The summed E-state index contributed by atoms with van der Waals surface area (Å²) in [5.74, 6) is 0.346. The van der Waals surface area contributed by atoms with E-state index in [1.807, 2.05) is 13.8 Å². The third kappa shape index (κ3) is 3.25. The van der Waals surface area contributed by atoms with E-state index < -0.39 is 12.0 Å². The number of hydrogen-bond acceptors (Lipinski definition) is 4. The molecule has 1 amide bonds. The maximum absolute atomic E-state index is 12.3. The number of hydrogen-bond donors (Lipinski definition) is 1. The van der Waals surface area contributed by atoms with Gasteiger partial charge in [-0.3, -0.25) is 4.79 Å². The Morgan fingerprint density at radius 2 is 2.00 bits per heavy atom. The van der Waals surface area contributed by atoms with Gasteiger partial charge in [-0.15, -0.1) is 11.8 Å². The second-order valence-corrected chi connectivity index (χ2v) is 5.82. The van der Waals surface area contributed by atoms with E-state index in [4.69, 9.17) is 9.84 Å². The molecular formula is C14H17NO4S. The van der Waals surface area contributed by atoms with Crippen molar-refractivity contribution in [3.63, 3.8) is 0 Å². The predicted molar refractivity (Wildman–Crippen MR) is 77.1 cm³/mol.